The van der Waals surface area contributed by atoms with E-state index in [0.29, 0.717) is 23.4 Å². The molecule has 144 valence electrons. The molecule has 2 aliphatic rings. The molecule has 1 aliphatic heterocycles. The number of para-hydroxylation sites is 1. The van der Waals surface area contributed by atoms with Crippen LogP contribution in [0.3, 0.4) is 0 Å². The van der Waals surface area contributed by atoms with Crippen LogP contribution in [0.1, 0.15) is 51.5 Å². The Bertz CT molecular complexity index is 793. The monoisotopic (exact) mass is 369 g/mol. The quantitative estimate of drug-likeness (QED) is 0.799. The van der Waals surface area contributed by atoms with Crippen molar-refractivity contribution in [2.75, 3.05) is 6.61 Å². The molecule has 0 fully saturated rings. The van der Waals surface area contributed by atoms with Crippen molar-refractivity contribution in [3.8, 4) is 5.75 Å². The average molecular weight is 369 g/mol. The zero-order chi connectivity index (χ0) is 19.6. The van der Waals surface area contributed by atoms with E-state index in [4.69, 9.17) is 9.47 Å². The summed E-state index contributed by atoms with van der Waals surface area (Å²) in [6, 6.07) is 7.62. The molecule has 2 atom stereocenters. The van der Waals surface area contributed by atoms with Crippen LogP contribution in [0.5, 0.6) is 5.75 Å². The molecule has 0 saturated heterocycles. The molecular weight excluding hydrogens is 342 g/mol. The van der Waals surface area contributed by atoms with Crippen LogP contribution in [0.4, 0.5) is 0 Å². The highest BCUT2D eigenvalue weighted by molar-refractivity contribution is 6.00. The number of benzene rings is 1. The zero-order valence-electron chi connectivity index (χ0n) is 16.2. The molecule has 0 aromatic heterocycles. The second-order valence-corrected chi connectivity index (χ2v) is 7.23. The van der Waals surface area contributed by atoms with Crippen LogP contribution in [-0.2, 0) is 14.3 Å². The Balaban J connectivity index is 2.17. The van der Waals surface area contributed by atoms with E-state index < -0.39 is 11.8 Å². The first-order valence-corrected chi connectivity index (χ1v) is 9.58. The van der Waals surface area contributed by atoms with Crippen molar-refractivity contribution in [3.63, 3.8) is 0 Å². The Hall–Kier alpha value is -2.56. The summed E-state index contributed by atoms with van der Waals surface area (Å²) in [5, 5.41) is 3.22. The number of esters is 1. The second kappa shape index (κ2) is 7.99. The SMILES string of the molecule is C=C1NC2=C(C(=O)CCC2)C(c2ccccc2OC(C)C)C1C(=O)OCC. The van der Waals surface area contributed by atoms with E-state index in [2.05, 4.69) is 11.9 Å². The minimum atomic E-state index is -0.664. The Morgan fingerprint density at radius 1 is 1.30 bits per heavy atom. The highest BCUT2D eigenvalue weighted by Gasteiger charge is 2.44. The third kappa shape index (κ3) is 3.77. The Morgan fingerprint density at radius 3 is 2.74 bits per heavy atom. The number of allylic oxidation sites excluding steroid dienone is 2. The van der Waals surface area contributed by atoms with Crippen LogP contribution in [0.25, 0.3) is 0 Å². The smallest absolute Gasteiger partial charge is 0.315 e. The molecule has 1 aromatic rings. The van der Waals surface area contributed by atoms with Crippen molar-refractivity contribution in [1.29, 1.82) is 0 Å². The molecule has 5 nitrogen and oxygen atoms in total. The van der Waals surface area contributed by atoms with Crippen molar-refractivity contribution < 1.29 is 19.1 Å². The maximum absolute atomic E-state index is 12.9. The van der Waals surface area contributed by atoms with Gasteiger partial charge in [-0.3, -0.25) is 9.59 Å². The number of hydrogen-bond donors (Lipinski definition) is 1. The van der Waals surface area contributed by atoms with Crippen LogP contribution in [0.15, 0.2) is 47.8 Å². The van der Waals surface area contributed by atoms with Gasteiger partial charge in [-0.05, 0) is 39.7 Å². The molecule has 1 aliphatic carbocycles. The molecule has 1 heterocycles. The van der Waals surface area contributed by atoms with Gasteiger partial charge >= 0.3 is 5.97 Å². The van der Waals surface area contributed by atoms with Gasteiger partial charge in [0, 0.05) is 34.9 Å². The van der Waals surface area contributed by atoms with Gasteiger partial charge in [-0.2, -0.15) is 0 Å². The fourth-order valence-corrected chi connectivity index (χ4v) is 3.94. The molecule has 1 aromatic carbocycles. The number of ether oxygens (including phenoxy) is 2. The normalized spacial score (nSPS) is 22.4. The second-order valence-electron chi connectivity index (χ2n) is 7.23. The van der Waals surface area contributed by atoms with Gasteiger partial charge in [0.05, 0.1) is 12.7 Å². The maximum Gasteiger partial charge on any atom is 0.315 e. The van der Waals surface area contributed by atoms with Crippen LogP contribution in [-0.4, -0.2) is 24.5 Å². The van der Waals surface area contributed by atoms with Crippen LogP contribution in [0.2, 0.25) is 0 Å². The van der Waals surface area contributed by atoms with Gasteiger partial charge in [0.2, 0.25) is 0 Å². The first-order valence-electron chi connectivity index (χ1n) is 9.58. The number of ketones is 1. The first kappa shape index (κ1) is 19.2. The molecule has 0 bridgehead atoms. The summed E-state index contributed by atoms with van der Waals surface area (Å²) >= 11 is 0. The highest BCUT2D eigenvalue weighted by atomic mass is 16.5. The third-order valence-corrected chi connectivity index (χ3v) is 4.94. The number of Topliss-reactive ketones (excluding diaryl/α,β-unsaturated/α-hetero) is 1. The van der Waals surface area contributed by atoms with Gasteiger partial charge in [0.15, 0.2) is 5.78 Å². The molecule has 0 radical (unpaired) electrons. The van der Waals surface area contributed by atoms with E-state index in [1.165, 1.54) is 0 Å². The van der Waals surface area contributed by atoms with Gasteiger partial charge in [-0.25, -0.2) is 0 Å². The topological polar surface area (TPSA) is 64.6 Å². The summed E-state index contributed by atoms with van der Waals surface area (Å²) in [5.74, 6) is -0.718. The number of carbonyl (C=O) groups excluding carboxylic acids is 2. The molecule has 3 rings (SSSR count). The standard InChI is InChI=1S/C22H27NO4/c1-5-26-22(25)19-14(4)23-16-10-8-11-17(24)21(16)20(19)15-9-6-7-12-18(15)27-13(2)3/h6-7,9,12-13,19-20,23H,4-5,8,10-11H2,1-3H3. The molecule has 0 spiro atoms. The molecular formula is C22H27NO4. The van der Waals surface area contributed by atoms with E-state index in [9.17, 15) is 9.59 Å². The van der Waals surface area contributed by atoms with E-state index >= 15 is 0 Å². The van der Waals surface area contributed by atoms with Crippen molar-refractivity contribution in [2.24, 2.45) is 5.92 Å². The summed E-state index contributed by atoms with van der Waals surface area (Å²) in [6.07, 6.45) is 2.05. The number of rotatable bonds is 5. The lowest BCUT2D eigenvalue weighted by atomic mass is 9.71. The van der Waals surface area contributed by atoms with Gasteiger partial charge in [-0.1, -0.05) is 24.8 Å². The largest absolute Gasteiger partial charge is 0.491 e. The zero-order valence-corrected chi connectivity index (χ0v) is 16.2. The minimum absolute atomic E-state index is 0.0207. The number of carbonyl (C=O) groups is 2. The lowest BCUT2D eigenvalue weighted by Gasteiger charge is -2.38. The van der Waals surface area contributed by atoms with Gasteiger partial charge in [0.1, 0.15) is 11.7 Å². The van der Waals surface area contributed by atoms with Crippen molar-refractivity contribution in [3.05, 3.63) is 53.4 Å². The average Bonchev–Trinajstić information content (AvgIpc) is 2.61. The van der Waals surface area contributed by atoms with Crippen molar-refractivity contribution >= 4 is 11.8 Å². The molecule has 2 unspecified atom stereocenters. The Morgan fingerprint density at radius 2 is 2.04 bits per heavy atom. The van der Waals surface area contributed by atoms with E-state index in [1.54, 1.807) is 6.92 Å². The Kier molecular flexibility index (Phi) is 5.68. The highest BCUT2D eigenvalue weighted by Crippen LogP contribution is 2.46. The van der Waals surface area contributed by atoms with Crippen LogP contribution < -0.4 is 10.1 Å². The van der Waals surface area contributed by atoms with E-state index in [-0.39, 0.29) is 24.5 Å². The first-order chi connectivity index (χ1) is 12.9. The van der Waals surface area contributed by atoms with Gasteiger partial charge in [-0.15, -0.1) is 0 Å². The van der Waals surface area contributed by atoms with E-state index in [0.717, 1.165) is 24.1 Å². The summed E-state index contributed by atoms with van der Waals surface area (Å²) in [7, 11) is 0. The van der Waals surface area contributed by atoms with Crippen molar-refractivity contribution in [1.82, 2.24) is 5.32 Å². The summed E-state index contributed by atoms with van der Waals surface area (Å²) in [6.45, 7) is 10.0. The number of nitrogens with one attached hydrogen (secondary N) is 1. The predicted molar refractivity (Wildman–Crippen MR) is 103 cm³/mol. The molecule has 27 heavy (non-hydrogen) atoms. The molecule has 1 N–H and O–H groups in total. The lowest BCUT2D eigenvalue weighted by Crippen LogP contribution is -2.41. The van der Waals surface area contributed by atoms with Gasteiger partial charge < -0.3 is 14.8 Å². The fourth-order valence-electron chi connectivity index (χ4n) is 3.94. The lowest BCUT2D eigenvalue weighted by molar-refractivity contribution is -0.147. The maximum atomic E-state index is 12.9. The van der Waals surface area contributed by atoms with Crippen molar-refractivity contribution in [2.45, 2.75) is 52.1 Å². The number of hydrogen-bond acceptors (Lipinski definition) is 5. The molecule has 5 heteroatoms. The minimum Gasteiger partial charge on any atom is -0.491 e. The molecule has 0 amide bonds. The predicted octanol–water partition coefficient (Wildman–Crippen LogP) is 3.86. The third-order valence-electron chi connectivity index (χ3n) is 4.94. The summed E-state index contributed by atoms with van der Waals surface area (Å²) in [5.41, 5.74) is 2.95. The van der Waals surface area contributed by atoms with E-state index in [1.807, 2.05) is 38.1 Å². The summed E-state index contributed by atoms with van der Waals surface area (Å²) in [4.78, 5) is 25.7. The molecule has 0 saturated carbocycles. The van der Waals surface area contributed by atoms with Crippen LogP contribution in [0, 0.1) is 5.92 Å². The fraction of sp³-hybridized carbons (Fsp3) is 0.455. The van der Waals surface area contributed by atoms with Gasteiger partial charge in [0.25, 0.3) is 0 Å². The van der Waals surface area contributed by atoms with Crippen LogP contribution >= 0.6 is 0 Å². The summed E-state index contributed by atoms with van der Waals surface area (Å²) < 4.78 is 11.3. The Labute approximate surface area is 160 Å².